The molecule has 1 nitrogen and oxygen atoms in total. The number of hydrogen-bond acceptors (Lipinski definition) is 1. The van der Waals surface area contributed by atoms with Gasteiger partial charge in [-0.15, -0.1) is 0 Å². The van der Waals surface area contributed by atoms with Crippen molar-refractivity contribution in [2.45, 2.75) is 44.3 Å². The minimum absolute atomic E-state index is 0.354. The van der Waals surface area contributed by atoms with Crippen LogP contribution >= 0.6 is 0 Å². The Morgan fingerprint density at radius 1 is 1.37 bits per heavy atom. The predicted octanol–water partition coefficient (Wildman–Crippen LogP) is 4.80. The molecule has 1 fully saturated rings. The molecule has 2 radical (unpaired) electrons. The summed E-state index contributed by atoms with van der Waals surface area (Å²) in [4.78, 5) is 0. The van der Waals surface area contributed by atoms with E-state index in [9.17, 15) is 0 Å². The fraction of sp³-hybridized carbons (Fsp3) is 0.412. The molecule has 0 saturated heterocycles. The molecule has 0 aliphatic heterocycles. The Hall–Kier alpha value is -1.44. The molecular weight excluding hydrogens is 229 g/mol. The van der Waals surface area contributed by atoms with Gasteiger partial charge in [-0.1, -0.05) is 55.9 Å². The van der Waals surface area contributed by atoms with Crippen molar-refractivity contribution in [3.05, 3.63) is 54.3 Å². The zero-order valence-electron chi connectivity index (χ0n) is 11.7. The molecule has 2 rings (SSSR count). The third-order valence-electron chi connectivity index (χ3n) is 3.93. The molecule has 1 aromatic rings. The zero-order valence-corrected chi connectivity index (χ0v) is 11.7. The van der Waals surface area contributed by atoms with Crippen LogP contribution < -0.4 is 5.32 Å². The number of allylic oxidation sites excluding steroid dienone is 2. The lowest BCUT2D eigenvalue weighted by Gasteiger charge is -2.29. The standard InChI is InChI=1S/C17H22BN/c1-3-15(4-2)19-17-11-6-5-10-16(17)13-8-7-9-14(18)12-13/h3-6,10-11,13-14,19H,1,7-9,12H2,2H3/b15-4+. The summed E-state index contributed by atoms with van der Waals surface area (Å²) in [5, 5.41) is 3.46. The fourth-order valence-electron chi connectivity index (χ4n) is 2.87. The molecule has 98 valence electrons. The Bertz CT molecular complexity index is 464. The number of hydrogen-bond donors (Lipinski definition) is 1. The first-order chi connectivity index (χ1) is 9.24. The van der Waals surface area contributed by atoms with Crippen LogP contribution in [0.1, 0.15) is 44.1 Å². The van der Waals surface area contributed by atoms with Gasteiger partial charge in [0.15, 0.2) is 0 Å². The topological polar surface area (TPSA) is 12.0 Å². The molecule has 1 aromatic carbocycles. The van der Waals surface area contributed by atoms with Gasteiger partial charge in [-0.3, -0.25) is 0 Å². The van der Waals surface area contributed by atoms with Crippen molar-refractivity contribution in [3.63, 3.8) is 0 Å². The fourth-order valence-corrected chi connectivity index (χ4v) is 2.87. The summed E-state index contributed by atoms with van der Waals surface area (Å²) in [7, 11) is 6.12. The smallest absolute Gasteiger partial charge is 0.0699 e. The number of para-hydroxylation sites is 1. The number of rotatable bonds is 4. The molecule has 0 spiro atoms. The van der Waals surface area contributed by atoms with E-state index in [1.807, 2.05) is 19.1 Å². The summed E-state index contributed by atoms with van der Waals surface area (Å²) in [5.74, 6) is 0.933. The Labute approximate surface area is 118 Å². The number of benzene rings is 1. The average molecular weight is 251 g/mol. The van der Waals surface area contributed by atoms with Crippen LogP contribution in [0.3, 0.4) is 0 Å². The van der Waals surface area contributed by atoms with Gasteiger partial charge in [-0.25, -0.2) is 0 Å². The van der Waals surface area contributed by atoms with E-state index >= 15 is 0 Å². The monoisotopic (exact) mass is 251 g/mol. The highest BCUT2D eigenvalue weighted by molar-refractivity contribution is 6.11. The highest BCUT2D eigenvalue weighted by atomic mass is 14.9. The van der Waals surface area contributed by atoms with Crippen molar-refractivity contribution in [1.29, 1.82) is 0 Å². The van der Waals surface area contributed by atoms with Crippen molar-refractivity contribution in [2.24, 2.45) is 0 Å². The van der Waals surface area contributed by atoms with E-state index in [0.717, 1.165) is 12.1 Å². The third-order valence-corrected chi connectivity index (χ3v) is 3.93. The lowest BCUT2D eigenvalue weighted by molar-refractivity contribution is 0.444. The first-order valence-corrected chi connectivity index (χ1v) is 7.15. The molecular formula is C17H22BN. The molecule has 2 heteroatoms. The van der Waals surface area contributed by atoms with E-state index in [1.165, 1.54) is 30.5 Å². The van der Waals surface area contributed by atoms with Gasteiger partial charge in [0.2, 0.25) is 0 Å². The van der Waals surface area contributed by atoms with Crippen molar-refractivity contribution in [2.75, 3.05) is 5.32 Å². The van der Waals surface area contributed by atoms with Gasteiger partial charge in [0.25, 0.3) is 0 Å². The van der Waals surface area contributed by atoms with E-state index in [4.69, 9.17) is 7.85 Å². The van der Waals surface area contributed by atoms with Gasteiger partial charge >= 0.3 is 0 Å². The van der Waals surface area contributed by atoms with Crippen LogP contribution in [0.25, 0.3) is 0 Å². The van der Waals surface area contributed by atoms with Crippen LogP contribution in [-0.2, 0) is 0 Å². The van der Waals surface area contributed by atoms with E-state index < -0.39 is 0 Å². The largest absolute Gasteiger partial charge is 0.356 e. The zero-order chi connectivity index (χ0) is 13.7. The van der Waals surface area contributed by atoms with Crippen molar-refractivity contribution < 1.29 is 0 Å². The Balaban J connectivity index is 2.22. The van der Waals surface area contributed by atoms with Gasteiger partial charge in [0.05, 0.1) is 7.85 Å². The van der Waals surface area contributed by atoms with E-state index in [1.54, 1.807) is 0 Å². The second kappa shape index (κ2) is 6.65. The van der Waals surface area contributed by atoms with Gasteiger partial charge in [-0.2, -0.15) is 0 Å². The summed E-state index contributed by atoms with van der Waals surface area (Å²) in [6.07, 6.45) is 8.63. The molecule has 1 aliphatic carbocycles. The lowest BCUT2D eigenvalue weighted by atomic mass is 9.69. The second-order valence-electron chi connectivity index (χ2n) is 5.28. The summed E-state index contributed by atoms with van der Waals surface area (Å²) in [5.41, 5.74) is 3.63. The molecule has 1 aliphatic rings. The Morgan fingerprint density at radius 2 is 2.16 bits per heavy atom. The first kappa shape index (κ1) is 14.0. The molecule has 0 bridgehead atoms. The van der Waals surface area contributed by atoms with Crippen LogP contribution in [0.15, 0.2) is 48.7 Å². The van der Waals surface area contributed by atoms with E-state index in [-0.39, 0.29) is 0 Å². The van der Waals surface area contributed by atoms with Gasteiger partial charge in [-0.05, 0) is 37.0 Å². The SMILES string of the molecule is [B]C1CCCC(c2ccccc2N/C(C=C)=C/C)C1. The third kappa shape index (κ3) is 3.53. The normalized spacial score (nSPS) is 23.9. The number of nitrogens with one attached hydrogen (secondary N) is 1. The maximum Gasteiger partial charge on any atom is 0.0699 e. The molecule has 0 aromatic heterocycles. The second-order valence-corrected chi connectivity index (χ2v) is 5.28. The minimum Gasteiger partial charge on any atom is -0.356 e. The van der Waals surface area contributed by atoms with Crippen molar-refractivity contribution in [1.82, 2.24) is 0 Å². The van der Waals surface area contributed by atoms with Gasteiger partial charge in [0, 0.05) is 11.4 Å². The van der Waals surface area contributed by atoms with Gasteiger partial charge < -0.3 is 5.32 Å². The Morgan fingerprint density at radius 3 is 2.84 bits per heavy atom. The first-order valence-electron chi connectivity index (χ1n) is 7.15. The van der Waals surface area contributed by atoms with Crippen LogP contribution in [0.5, 0.6) is 0 Å². The Kier molecular flexibility index (Phi) is 4.89. The molecule has 0 amide bonds. The quantitative estimate of drug-likeness (QED) is 0.598. The summed E-state index contributed by atoms with van der Waals surface area (Å²) < 4.78 is 0. The van der Waals surface area contributed by atoms with E-state index in [0.29, 0.717) is 11.7 Å². The van der Waals surface area contributed by atoms with Crippen molar-refractivity contribution >= 4 is 13.5 Å². The average Bonchev–Trinajstić information content (AvgIpc) is 2.45. The highest BCUT2D eigenvalue weighted by Crippen LogP contribution is 2.40. The van der Waals surface area contributed by atoms with Crippen LogP contribution in [-0.4, -0.2) is 7.85 Å². The minimum atomic E-state index is 0.354. The highest BCUT2D eigenvalue weighted by Gasteiger charge is 2.22. The lowest BCUT2D eigenvalue weighted by Crippen LogP contribution is -2.12. The molecule has 0 heterocycles. The van der Waals surface area contributed by atoms with Crippen molar-refractivity contribution in [3.8, 4) is 0 Å². The van der Waals surface area contributed by atoms with Crippen LogP contribution in [0.4, 0.5) is 5.69 Å². The number of anilines is 1. The maximum absolute atomic E-state index is 6.12. The summed E-state index contributed by atoms with van der Waals surface area (Å²) in [6, 6.07) is 8.55. The van der Waals surface area contributed by atoms with Gasteiger partial charge in [0.1, 0.15) is 0 Å². The molecule has 2 atom stereocenters. The molecule has 1 saturated carbocycles. The van der Waals surface area contributed by atoms with Crippen LogP contribution in [0, 0.1) is 0 Å². The molecule has 1 N–H and O–H groups in total. The van der Waals surface area contributed by atoms with E-state index in [2.05, 4.69) is 36.2 Å². The maximum atomic E-state index is 6.12. The summed E-state index contributed by atoms with van der Waals surface area (Å²) in [6.45, 7) is 5.85. The summed E-state index contributed by atoms with van der Waals surface area (Å²) >= 11 is 0. The molecule has 19 heavy (non-hydrogen) atoms. The molecule has 2 unspecified atom stereocenters. The predicted molar refractivity (Wildman–Crippen MR) is 84.7 cm³/mol. The van der Waals surface area contributed by atoms with Crippen LogP contribution in [0.2, 0.25) is 5.82 Å².